The van der Waals surface area contributed by atoms with Crippen molar-refractivity contribution in [3.8, 4) is 5.69 Å². The standard InChI is InChI=1S/C26H29N3O5/c1-17-22(14-15-24(30)33-3)18(2)29(28-17)21-12-10-20(11-13-21)26(32)27-23(16-25(31)34-4)19-8-6-5-7-9-19/h5-13,23H,14-16H2,1-4H3,(H,27,32). The van der Waals surface area contributed by atoms with Gasteiger partial charge in [-0.1, -0.05) is 30.3 Å². The van der Waals surface area contributed by atoms with Crippen molar-refractivity contribution in [2.24, 2.45) is 0 Å². The molecular formula is C26H29N3O5. The van der Waals surface area contributed by atoms with E-state index < -0.39 is 12.0 Å². The largest absolute Gasteiger partial charge is 0.469 e. The van der Waals surface area contributed by atoms with Crippen molar-refractivity contribution in [1.29, 1.82) is 0 Å². The van der Waals surface area contributed by atoms with Gasteiger partial charge in [0.05, 0.1) is 38.1 Å². The van der Waals surface area contributed by atoms with Gasteiger partial charge in [0, 0.05) is 17.7 Å². The van der Waals surface area contributed by atoms with Crippen LogP contribution < -0.4 is 5.32 Å². The molecule has 1 unspecified atom stereocenters. The Kier molecular flexibility index (Phi) is 8.19. The fraction of sp³-hybridized carbons (Fsp3) is 0.308. The van der Waals surface area contributed by atoms with Gasteiger partial charge >= 0.3 is 11.9 Å². The molecule has 0 saturated carbocycles. The molecule has 0 spiro atoms. The smallest absolute Gasteiger partial charge is 0.307 e. The van der Waals surface area contributed by atoms with Crippen LogP contribution in [0.1, 0.15) is 51.8 Å². The Morgan fingerprint density at radius 3 is 2.21 bits per heavy atom. The van der Waals surface area contributed by atoms with E-state index in [1.165, 1.54) is 14.2 Å². The minimum atomic E-state index is -0.505. The number of nitrogens with one attached hydrogen (secondary N) is 1. The van der Waals surface area contributed by atoms with Gasteiger partial charge in [0.25, 0.3) is 5.91 Å². The lowest BCUT2D eigenvalue weighted by molar-refractivity contribution is -0.141. The Labute approximate surface area is 198 Å². The number of nitrogens with zero attached hydrogens (tertiary/aromatic N) is 2. The second-order valence-electron chi connectivity index (χ2n) is 7.90. The third-order valence-corrected chi connectivity index (χ3v) is 5.73. The molecule has 0 radical (unpaired) electrons. The van der Waals surface area contributed by atoms with Gasteiger partial charge in [-0.15, -0.1) is 0 Å². The molecule has 0 aliphatic rings. The molecule has 3 aromatic rings. The molecule has 0 saturated heterocycles. The number of benzene rings is 2. The van der Waals surface area contributed by atoms with Gasteiger partial charge < -0.3 is 14.8 Å². The Morgan fingerprint density at radius 1 is 0.941 bits per heavy atom. The fourth-order valence-electron chi connectivity index (χ4n) is 3.80. The lowest BCUT2D eigenvalue weighted by Crippen LogP contribution is -2.30. The van der Waals surface area contributed by atoms with E-state index >= 15 is 0 Å². The SMILES string of the molecule is COC(=O)CCc1c(C)nn(-c2ccc(C(=O)NC(CC(=O)OC)c3ccccc3)cc2)c1C. The summed E-state index contributed by atoms with van der Waals surface area (Å²) in [5.74, 6) is -0.962. The number of ether oxygens (including phenoxy) is 2. The molecule has 0 bridgehead atoms. The first-order chi connectivity index (χ1) is 16.3. The second-order valence-corrected chi connectivity index (χ2v) is 7.90. The molecule has 8 nitrogen and oxygen atoms in total. The van der Waals surface area contributed by atoms with Crippen molar-refractivity contribution in [2.45, 2.75) is 39.2 Å². The average molecular weight is 464 g/mol. The summed E-state index contributed by atoms with van der Waals surface area (Å²) >= 11 is 0. The van der Waals surface area contributed by atoms with Crippen LogP contribution in [-0.2, 0) is 25.5 Å². The Balaban J connectivity index is 1.76. The van der Waals surface area contributed by atoms with E-state index in [1.807, 2.05) is 56.3 Å². The molecule has 1 heterocycles. The summed E-state index contributed by atoms with van der Waals surface area (Å²) in [6, 6.07) is 15.9. The van der Waals surface area contributed by atoms with E-state index in [0.717, 1.165) is 28.2 Å². The molecule has 1 aromatic heterocycles. The zero-order chi connectivity index (χ0) is 24.7. The fourth-order valence-corrected chi connectivity index (χ4v) is 3.80. The highest BCUT2D eigenvalue weighted by Gasteiger charge is 2.20. The van der Waals surface area contributed by atoms with E-state index in [1.54, 1.807) is 16.8 Å². The summed E-state index contributed by atoms with van der Waals surface area (Å²) in [5.41, 5.74) is 4.86. The number of carbonyl (C=O) groups is 3. The Bertz CT molecular complexity index is 1150. The van der Waals surface area contributed by atoms with Crippen LogP contribution >= 0.6 is 0 Å². The van der Waals surface area contributed by atoms with Gasteiger partial charge in [-0.05, 0) is 55.7 Å². The maximum atomic E-state index is 12.9. The minimum Gasteiger partial charge on any atom is -0.469 e. The van der Waals surface area contributed by atoms with Gasteiger partial charge in [-0.2, -0.15) is 5.10 Å². The Hall–Kier alpha value is -3.94. The van der Waals surface area contributed by atoms with Gasteiger partial charge in [0.15, 0.2) is 0 Å². The van der Waals surface area contributed by atoms with Crippen LogP contribution in [0.15, 0.2) is 54.6 Å². The summed E-state index contributed by atoms with van der Waals surface area (Å²) in [5, 5.41) is 7.53. The molecule has 0 fully saturated rings. The van der Waals surface area contributed by atoms with Crippen molar-refractivity contribution in [3.05, 3.63) is 82.7 Å². The Morgan fingerprint density at radius 2 is 1.59 bits per heavy atom. The maximum Gasteiger partial charge on any atom is 0.307 e. The molecule has 0 aliphatic heterocycles. The molecule has 1 amide bonds. The number of carbonyl (C=O) groups excluding carboxylic acids is 3. The molecule has 3 rings (SSSR count). The lowest BCUT2D eigenvalue weighted by atomic mass is 10.0. The first-order valence-electron chi connectivity index (χ1n) is 11.0. The van der Waals surface area contributed by atoms with Crippen LogP contribution in [0.4, 0.5) is 0 Å². The van der Waals surface area contributed by atoms with Crippen LogP contribution in [0.25, 0.3) is 5.69 Å². The highest BCUT2D eigenvalue weighted by molar-refractivity contribution is 5.95. The molecule has 1 N–H and O–H groups in total. The predicted octanol–water partition coefficient (Wildman–Crippen LogP) is 3.63. The van der Waals surface area contributed by atoms with Crippen LogP contribution in [0.2, 0.25) is 0 Å². The summed E-state index contributed by atoms with van der Waals surface area (Å²) in [4.78, 5) is 36.3. The van der Waals surface area contributed by atoms with E-state index in [-0.39, 0.29) is 24.7 Å². The predicted molar refractivity (Wildman–Crippen MR) is 127 cm³/mol. The normalized spacial score (nSPS) is 11.5. The van der Waals surface area contributed by atoms with Crippen molar-refractivity contribution in [2.75, 3.05) is 14.2 Å². The van der Waals surface area contributed by atoms with Crippen molar-refractivity contribution in [1.82, 2.24) is 15.1 Å². The number of esters is 2. The van der Waals surface area contributed by atoms with Crippen molar-refractivity contribution in [3.63, 3.8) is 0 Å². The summed E-state index contributed by atoms with van der Waals surface area (Å²) in [6.45, 7) is 3.85. The van der Waals surface area contributed by atoms with Gasteiger partial charge in [-0.25, -0.2) is 4.68 Å². The van der Waals surface area contributed by atoms with E-state index in [2.05, 4.69) is 10.4 Å². The summed E-state index contributed by atoms with van der Waals surface area (Å²) in [6.07, 6.45) is 0.869. The van der Waals surface area contributed by atoms with Gasteiger partial charge in [-0.3, -0.25) is 14.4 Å². The third kappa shape index (κ3) is 5.89. The number of aromatic nitrogens is 2. The summed E-state index contributed by atoms with van der Waals surface area (Å²) in [7, 11) is 2.70. The zero-order valence-electron chi connectivity index (χ0n) is 19.8. The number of hydrogen-bond donors (Lipinski definition) is 1. The van der Waals surface area contributed by atoms with Crippen LogP contribution in [0.5, 0.6) is 0 Å². The highest BCUT2D eigenvalue weighted by atomic mass is 16.5. The summed E-state index contributed by atoms with van der Waals surface area (Å²) < 4.78 is 11.3. The van der Waals surface area contributed by atoms with Crippen LogP contribution in [0, 0.1) is 13.8 Å². The molecule has 8 heteroatoms. The first-order valence-corrected chi connectivity index (χ1v) is 11.0. The number of amides is 1. The van der Waals surface area contributed by atoms with Gasteiger partial charge in [0.1, 0.15) is 0 Å². The maximum absolute atomic E-state index is 12.9. The van der Waals surface area contributed by atoms with E-state index in [4.69, 9.17) is 9.47 Å². The molecule has 0 aliphatic carbocycles. The quantitative estimate of drug-likeness (QED) is 0.487. The first kappa shape index (κ1) is 24.7. The van der Waals surface area contributed by atoms with Crippen molar-refractivity contribution >= 4 is 17.8 Å². The number of methoxy groups -OCH3 is 2. The molecular weight excluding hydrogens is 434 g/mol. The second kappa shape index (κ2) is 11.3. The number of rotatable bonds is 9. The van der Waals surface area contributed by atoms with Gasteiger partial charge in [0.2, 0.25) is 0 Å². The molecule has 2 aromatic carbocycles. The molecule has 1 atom stereocenters. The monoisotopic (exact) mass is 463 g/mol. The third-order valence-electron chi connectivity index (χ3n) is 5.73. The van der Waals surface area contributed by atoms with Crippen molar-refractivity contribution < 1.29 is 23.9 Å². The minimum absolute atomic E-state index is 0.0322. The number of aryl methyl sites for hydroxylation is 1. The van der Waals surface area contributed by atoms with Crippen LogP contribution in [0.3, 0.4) is 0 Å². The molecule has 34 heavy (non-hydrogen) atoms. The van der Waals surface area contributed by atoms with E-state index in [0.29, 0.717) is 12.0 Å². The lowest BCUT2D eigenvalue weighted by Gasteiger charge is -2.18. The van der Waals surface area contributed by atoms with E-state index in [9.17, 15) is 14.4 Å². The highest BCUT2D eigenvalue weighted by Crippen LogP contribution is 2.21. The average Bonchev–Trinajstić information content (AvgIpc) is 3.15. The molecule has 178 valence electrons. The topological polar surface area (TPSA) is 99.5 Å². The van der Waals surface area contributed by atoms with Crippen LogP contribution in [-0.4, -0.2) is 41.8 Å². The zero-order valence-corrected chi connectivity index (χ0v) is 19.8. The number of hydrogen-bond acceptors (Lipinski definition) is 6.